The number of rotatable bonds is 1. The molecule has 1 aliphatic heterocycles. The Balaban J connectivity index is 2.64. The summed E-state index contributed by atoms with van der Waals surface area (Å²) in [6.07, 6.45) is -4.54. The van der Waals surface area contributed by atoms with E-state index in [0.29, 0.717) is 0 Å². The third-order valence-electron chi connectivity index (χ3n) is 2.29. The molecule has 0 N–H and O–H groups in total. The van der Waals surface area contributed by atoms with Gasteiger partial charge in [0.1, 0.15) is 6.61 Å². The van der Waals surface area contributed by atoms with Crippen LogP contribution in [0.25, 0.3) is 0 Å². The highest BCUT2D eigenvalue weighted by atomic mass is 35.5. The first-order valence-corrected chi connectivity index (χ1v) is 5.03. The molecule has 2 rings (SSSR count). The maximum Gasteiger partial charge on any atom is 0.417 e. The minimum absolute atomic E-state index is 0.0719. The molecular weight excluding hydrogens is 262 g/mol. The minimum Gasteiger partial charge on any atom is -0.395 e. The number of nitrogens with zero attached hydrogens (tertiary/aromatic N) is 1. The van der Waals surface area contributed by atoms with Crippen LogP contribution in [0.5, 0.6) is 0 Å². The monoisotopic (exact) mass is 267 g/mol. The van der Waals surface area contributed by atoms with Crippen molar-refractivity contribution in [2.45, 2.75) is 12.6 Å². The lowest BCUT2D eigenvalue weighted by molar-refractivity contribution is -0.137. The quantitative estimate of drug-likeness (QED) is 0.712. The molecule has 0 aromatic heterocycles. The molecule has 0 radical (unpaired) electrons. The Kier molecular flexibility index (Phi) is 2.99. The van der Waals surface area contributed by atoms with Crippen molar-refractivity contribution in [2.75, 3.05) is 6.61 Å². The normalized spacial score (nSPS) is 15.7. The van der Waals surface area contributed by atoms with Crippen LogP contribution in [0.3, 0.4) is 0 Å². The van der Waals surface area contributed by atoms with Crippen LogP contribution in [0.4, 0.5) is 17.6 Å². The summed E-state index contributed by atoms with van der Waals surface area (Å²) in [5, 5.41) is 3.03. The molecule has 0 aliphatic carbocycles. The Morgan fingerprint density at radius 3 is 2.53 bits per heavy atom. The van der Waals surface area contributed by atoms with E-state index in [2.05, 4.69) is 9.99 Å². The summed E-state index contributed by atoms with van der Waals surface area (Å²) < 4.78 is 51.8. The van der Waals surface area contributed by atoms with Crippen LogP contribution >= 0.6 is 11.6 Å². The van der Waals surface area contributed by atoms with E-state index in [9.17, 15) is 17.6 Å². The molecule has 1 aliphatic rings. The summed E-state index contributed by atoms with van der Waals surface area (Å²) in [4.78, 5) is 4.58. The predicted octanol–water partition coefficient (Wildman–Crippen LogP) is 3.62. The first kappa shape index (κ1) is 12.2. The molecule has 17 heavy (non-hydrogen) atoms. The number of hydrogen-bond donors (Lipinski definition) is 0. The van der Waals surface area contributed by atoms with Crippen molar-refractivity contribution in [3.8, 4) is 0 Å². The summed E-state index contributed by atoms with van der Waals surface area (Å²) in [6, 6.07) is 1.61. The van der Waals surface area contributed by atoms with Crippen LogP contribution in [0, 0.1) is 5.82 Å². The molecule has 1 aromatic carbocycles. The third-order valence-corrected chi connectivity index (χ3v) is 2.59. The van der Waals surface area contributed by atoms with Crippen molar-refractivity contribution < 1.29 is 22.4 Å². The van der Waals surface area contributed by atoms with Crippen molar-refractivity contribution >= 4 is 17.3 Å². The number of oxime groups is 1. The second-order valence-corrected chi connectivity index (χ2v) is 3.81. The van der Waals surface area contributed by atoms with Gasteiger partial charge in [-0.05, 0) is 12.1 Å². The van der Waals surface area contributed by atoms with Gasteiger partial charge in [0.15, 0.2) is 5.82 Å². The van der Waals surface area contributed by atoms with Crippen LogP contribution in [0.1, 0.15) is 17.5 Å². The van der Waals surface area contributed by atoms with Crippen LogP contribution in [-0.4, -0.2) is 12.3 Å². The number of halogens is 5. The zero-order chi connectivity index (χ0) is 12.6. The molecule has 0 spiro atoms. The molecule has 92 valence electrons. The molecule has 0 saturated carbocycles. The lowest BCUT2D eigenvalue weighted by Crippen LogP contribution is -2.15. The number of alkyl halides is 3. The smallest absolute Gasteiger partial charge is 0.395 e. The molecule has 0 fully saturated rings. The van der Waals surface area contributed by atoms with Gasteiger partial charge in [-0.1, -0.05) is 16.8 Å². The Bertz CT molecular complexity index is 484. The highest BCUT2D eigenvalue weighted by Gasteiger charge is 2.37. The van der Waals surface area contributed by atoms with Gasteiger partial charge in [-0.3, -0.25) is 0 Å². The van der Waals surface area contributed by atoms with Crippen LogP contribution in [0.15, 0.2) is 17.3 Å². The van der Waals surface area contributed by atoms with Crippen LogP contribution < -0.4 is 0 Å². The summed E-state index contributed by atoms with van der Waals surface area (Å²) in [5.41, 5.74) is -1.79. The number of hydrogen-bond acceptors (Lipinski definition) is 2. The second-order valence-electron chi connectivity index (χ2n) is 3.40. The van der Waals surface area contributed by atoms with Gasteiger partial charge in [-0.15, -0.1) is 0 Å². The van der Waals surface area contributed by atoms with Gasteiger partial charge in [0.25, 0.3) is 0 Å². The molecule has 0 saturated heterocycles. The van der Waals surface area contributed by atoms with Crippen molar-refractivity contribution in [1.29, 1.82) is 0 Å². The van der Waals surface area contributed by atoms with E-state index < -0.39 is 23.1 Å². The molecule has 0 atom stereocenters. The van der Waals surface area contributed by atoms with Crippen LogP contribution in [0.2, 0.25) is 5.02 Å². The van der Waals surface area contributed by atoms with Gasteiger partial charge in [-0.2, -0.15) is 13.2 Å². The first-order valence-electron chi connectivity index (χ1n) is 4.65. The first-order chi connectivity index (χ1) is 7.91. The average molecular weight is 268 g/mol. The molecule has 0 bridgehead atoms. The standard InChI is InChI=1S/C10H6ClF4NO/c11-6-2-1-5(10(13,14)15)8(9(6)12)7-3-4-17-16-7/h1-2H,3-4H2. The fraction of sp³-hybridized carbons (Fsp3) is 0.300. The van der Waals surface area contributed by atoms with E-state index in [1.54, 1.807) is 0 Å². The zero-order valence-electron chi connectivity index (χ0n) is 8.31. The van der Waals surface area contributed by atoms with E-state index in [-0.39, 0.29) is 23.8 Å². The molecule has 2 nitrogen and oxygen atoms in total. The second kappa shape index (κ2) is 4.18. The SMILES string of the molecule is Fc1c(Cl)ccc(C(F)(F)F)c1C1=NOCC1. The lowest BCUT2D eigenvalue weighted by atomic mass is 10.00. The third kappa shape index (κ3) is 2.22. The van der Waals surface area contributed by atoms with Gasteiger partial charge in [0.05, 0.1) is 16.3 Å². The lowest BCUT2D eigenvalue weighted by Gasteiger charge is -2.13. The molecule has 0 amide bonds. The maximum atomic E-state index is 13.7. The summed E-state index contributed by atoms with van der Waals surface area (Å²) >= 11 is 5.48. The maximum absolute atomic E-state index is 13.7. The van der Waals surface area contributed by atoms with Gasteiger partial charge < -0.3 is 4.84 Å². The topological polar surface area (TPSA) is 21.6 Å². The molecular formula is C10H6ClF4NO. The number of benzene rings is 1. The zero-order valence-corrected chi connectivity index (χ0v) is 9.07. The van der Waals surface area contributed by atoms with Crippen LogP contribution in [-0.2, 0) is 11.0 Å². The van der Waals surface area contributed by atoms with Crippen molar-refractivity contribution in [2.24, 2.45) is 5.16 Å². The molecule has 7 heteroatoms. The minimum atomic E-state index is -4.66. The molecule has 1 heterocycles. The molecule has 1 aromatic rings. The van der Waals surface area contributed by atoms with Gasteiger partial charge in [0, 0.05) is 12.0 Å². The van der Waals surface area contributed by atoms with Gasteiger partial charge >= 0.3 is 6.18 Å². The predicted molar refractivity (Wildman–Crippen MR) is 53.5 cm³/mol. The van der Waals surface area contributed by atoms with E-state index in [0.717, 1.165) is 12.1 Å². The van der Waals surface area contributed by atoms with Crippen molar-refractivity contribution in [3.05, 3.63) is 34.1 Å². The highest BCUT2D eigenvalue weighted by molar-refractivity contribution is 6.31. The summed E-state index contributed by atoms with van der Waals surface area (Å²) in [5.74, 6) is -1.12. The fourth-order valence-corrected chi connectivity index (χ4v) is 1.71. The van der Waals surface area contributed by atoms with Gasteiger partial charge in [-0.25, -0.2) is 4.39 Å². The van der Waals surface area contributed by atoms with Crippen molar-refractivity contribution in [1.82, 2.24) is 0 Å². The highest BCUT2D eigenvalue weighted by Crippen LogP contribution is 2.36. The van der Waals surface area contributed by atoms with E-state index in [1.807, 2.05) is 0 Å². The van der Waals surface area contributed by atoms with Gasteiger partial charge in [0.2, 0.25) is 0 Å². The van der Waals surface area contributed by atoms with Crippen molar-refractivity contribution in [3.63, 3.8) is 0 Å². The Morgan fingerprint density at radius 1 is 1.29 bits per heavy atom. The average Bonchev–Trinajstić information content (AvgIpc) is 2.73. The summed E-state index contributed by atoms with van der Waals surface area (Å²) in [6.45, 7) is 0.137. The summed E-state index contributed by atoms with van der Waals surface area (Å²) in [7, 11) is 0. The largest absolute Gasteiger partial charge is 0.417 e. The van der Waals surface area contributed by atoms with E-state index in [1.165, 1.54) is 0 Å². The Labute approximate surface area is 98.8 Å². The van der Waals surface area contributed by atoms with E-state index in [4.69, 9.17) is 11.6 Å². The fourth-order valence-electron chi connectivity index (χ4n) is 1.55. The molecule has 0 unspecified atom stereocenters. The Hall–Kier alpha value is -1.30. The van der Waals surface area contributed by atoms with E-state index >= 15 is 0 Å². The Morgan fingerprint density at radius 2 is 2.00 bits per heavy atom.